The summed E-state index contributed by atoms with van der Waals surface area (Å²) in [5.74, 6) is -0.919. The highest BCUT2D eigenvalue weighted by Gasteiger charge is 2.19. The van der Waals surface area contributed by atoms with Crippen LogP contribution in [0.4, 0.5) is 0 Å². The molecule has 0 saturated heterocycles. The third-order valence-corrected chi connectivity index (χ3v) is 12.0. The first-order valence-electron chi connectivity index (χ1n) is 27.8. The van der Waals surface area contributed by atoms with Crippen LogP contribution in [-0.2, 0) is 28.6 Å². The maximum atomic E-state index is 12.8. The number of hydrogen-bond acceptors (Lipinski definition) is 6. The molecule has 0 aliphatic carbocycles. The van der Waals surface area contributed by atoms with Crippen molar-refractivity contribution >= 4 is 17.9 Å². The van der Waals surface area contributed by atoms with Crippen LogP contribution in [0.25, 0.3) is 0 Å². The van der Waals surface area contributed by atoms with Crippen molar-refractivity contribution < 1.29 is 28.6 Å². The van der Waals surface area contributed by atoms with Crippen molar-refractivity contribution in [2.75, 3.05) is 13.2 Å². The highest BCUT2D eigenvalue weighted by molar-refractivity contribution is 5.71. The fraction of sp³-hybridized carbons (Fsp3) is 0.780. The van der Waals surface area contributed by atoms with Gasteiger partial charge in [0.2, 0.25) is 0 Å². The summed E-state index contributed by atoms with van der Waals surface area (Å²) in [7, 11) is 0. The Morgan fingerprint density at radius 1 is 0.308 bits per heavy atom. The number of carbonyl (C=O) groups is 3. The van der Waals surface area contributed by atoms with Gasteiger partial charge in [-0.3, -0.25) is 14.4 Å². The molecule has 1 unspecified atom stereocenters. The molecule has 0 N–H and O–H groups in total. The van der Waals surface area contributed by atoms with Gasteiger partial charge in [0, 0.05) is 19.3 Å². The van der Waals surface area contributed by atoms with E-state index in [-0.39, 0.29) is 31.1 Å². The number of unbranched alkanes of at least 4 members (excludes halogenated alkanes) is 29. The Balaban J connectivity index is 4.44. The second kappa shape index (κ2) is 53.7. The highest BCUT2D eigenvalue weighted by atomic mass is 16.6. The van der Waals surface area contributed by atoms with Crippen LogP contribution < -0.4 is 0 Å². The zero-order valence-corrected chi connectivity index (χ0v) is 43.0. The van der Waals surface area contributed by atoms with Gasteiger partial charge in [0.05, 0.1) is 0 Å². The van der Waals surface area contributed by atoms with Crippen molar-refractivity contribution in [3.05, 3.63) is 60.8 Å². The molecule has 1 atom stereocenters. The Bertz CT molecular complexity index is 1180. The lowest BCUT2D eigenvalue weighted by molar-refractivity contribution is -0.167. The van der Waals surface area contributed by atoms with Crippen LogP contribution in [0.3, 0.4) is 0 Å². The van der Waals surface area contributed by atoms with Crippen molar-refractivity contribution in [3.8, 4) is 0 Å². The maximum absolute atomic E-state index is 12.8. The van der Waals surface area contributed by atoms with Gasteiger partial charge < -0.3 is 14.2 Å². The van der Waals surface area contributed by atoms with E-state index >= 15 is 0 Å². The molecule has 0 aliphatic rings. The van der Waals surface area contributed by atoms with E-state index in [1.807, 2.05) is 0 Å². The first-order valence-corrected chi connectivity index (χ1v) is 27.8. The zero-order valence-electron chi connectivity index (χ0n) is 43.0. The molecule has 0 amide bonds. The van der Waals surface area contributed by atoms with E-state index in [0.717, 1.165) is 103 Å². The van der Waals surface area contributed by atoms with Crippen molar-refractivity contribution in [1.29, 1.82) is 0 Å². The number of carbonyl (C=O) groups excluding carboxylic acids is 3. The van der Waals surface area contributed by atoms with Gasteiger partial charge in [0.15, 0.2) is 6.10 Å². The molecule has 6 heteroatoms. The fourth-order valence-corrected chi connectivity index (χ4v) is 7.73. The molecule has 0 aromatic rings. The largest absolute Gasteiger partial charge is 0.462 e. The van der Waals surface area contributed by atoms with E-state index in [9.17, 15) is 14.4 Å². The number of rotatable bonds is 50. The minimum absolute atomic E-state index is 0.0885. The molecule has 376 valence electrons. The first-order chi connectivity index (χ1) is 32.0. The average Bonchev–Trinajstić information content (AvgIpc) is 3.30. The average molecular weight is 909 g/mol. The van der Waals surface area contributed by atoms with Gasteiger partial charge >= 0.3 is 17.9 Å². The molecule has 0 aromatic heterocycles. The molecule has 0 saturated carbocycles. The SMILES string of the molecule is CCCCCC=CCC=CCC=CCCCCCCC(=O)OCC(COC(=O)CCCCCCCC=CCCCCCCCC)OC(=O)CCCCCCCC=CCCCCCCCC. The van der Waals surface area contributed by atoms with E-state index in [1.165, 1.54) is 135 Å². The van der Waals surface area contributed by atoms with Crippen molar-refractivity contribution in [2.45, 2.75) is 284 Å². The molecule has 0 radical (unpaired) electrons. The summed E-state index contributed by atoms with van der Waals surface area (Å²) in [6.45, 7) is 6.58. The lowest BCUT2D eigenvalue weighted by Crippen LogP contribution is -2.30. The van der Waals surface area contributed by atoms with Crippen LogP contribution in [0.1, 0.15) is 278 Å². The molecule has 65 heavy (non-hydrogen) atoms. The Morgan fingerprint density at radius 3 is 0.908 bits per heavy atom. The third kappa shape index (κ3) is 51.9. The molecule has 0 rings (SSSR count). The molecule has 0 spiro atoms. The molecule has 0 aromatic carbocycles. The van der Waals surface area contributed by atoms with Gasteiger partial charge in [-0.05, 0) is 109 Å². The second-order valence-electron chi connectivity index (χ2n) is 18.5. The topological polar surface area (TPSA) is 78.9 Å². The van der Waals surface area contributed by atoms with Gasteiger partial charge in [-0.25, -0.2) is 0 Å². The lowest BCUT2D eigenvalue weighted by Gasteiger charge is -2.18. The van der Waals surface area contributed by atoms with Gasteiger partial charge in [0.1, 0.15) is 13.2 Å². The molecule has 0 heterocycles. The smallest absolute Gasteiger partial charge is 0.306 e. The number of allylic oxidation sites excluding steroid dienone is 10. The summed E-state index contributed by atoms with van der Waals surface area (Å²) < 4.78 is 16.8. The minimum Gasteiger partial charge on any atom is -0.462 e. The third-order valence-electron chi connectivity index (χ3n) is 12.0. The van der Waals surface area contributed by atoms with Crippen LogP contribution in [0.15, 0.2) is 60.8 Å². The highest BCUT2D eigenvalue weighted by Crippen LogP contribution is 2.14. The minimum atomic E-state index is -0.790. The van der Waals surface area contributed by atoms with E-state index in [0.29, 0.717) is 19.3 Å². The second-order valence-corrected chi connectivity index (χ2v) is 18.5. The number of ether oxygens (including phenoxy) is 3. The summed E-state index contributed by atoms with van der Waals surface area (Å²) >= 11 is 0. The molecule has 0 fully saturated rings. The Kier molecular flexibility index (Phi) is 51.3. The quantitative estimate of drug-likeness (QED) is 0.0262. The van der Waals surface area contributed by atoms with Crippen molar-refractivity contribution in [3.63, 3.8) is 0 Å². The predicted molar refractivity (Wildman–Crippen MR) is 279 cm³/mol. The van der Waals surface area contributed by atoms with E-state index in [4.69, 9.17) is 14.2 Å². The number of hydrogen-bond donors (Lipinski definition) is 0. The molecule has 6 nitrogen and oxygen atoms in total. The number of esters is 3. The molecule has 0 aliphatic heterocycles. The molecular formula is C59H104O6. The monoisotopic (exact) mass is 909 g/mol. The zero-order chi connectivity index (χ0) is 47.2. The van der Waals surface area contributed by atoms with E-state index in [1.54, 1.807) is 0 Å². The summed E-state index contributed by atoms with van der Waals surface area (Å²) in [6, 6.07) is 0. The molecule has 0 bridgehead atoms. The summed E-state index contributed by atoms with van der Waals surface area (Å²) in [6.07, 6.45) is 66.3. The molecular weight excluding hydrogens is 805 g/mol. The van der Waals surface area contributed by atoms with Gasteiger partial charge in [-0.1, -0.05) is 210 Å². The van der Waals surface area contributed by atoms with Gasteiger partial charge in [-0.15, -0.1) is 0 Å². The van der Waals surface area contributed by atoms with E-state index in [2.05, 4.69) is 81.5 Å². The van der Waals surface area contributed by atoms with E-state index < -0.39 is 6.10 Å². The van der Waals surface area contributed by atoms with Gasteiger partial charge in [0.25, 0.3) is 0 Å². The Labute approximate surface area is 402 Å². The standard InChI is InChI=1S/C59H104O6/c1-4-7-10-13-16-19-22-25-28-29-32-34-37-40-43-46-49-52-58(61)64-55-56(65-59(62)53-50-47-44-41-38-35-31-27-24-21-18-15-12-9-6-3)54-63-57(60)51-48-45-42-39-36-33-30-26-23-20-17-14-11-8-5-2/h16,19,25-28,30-32,34,56H,4-15,17-18,20-24,29,33,35-55H2,1-3H3. The lowest BCUT2D eigenvalue weighted by atomic mass is 10.1. The van der Waals surface area contributed by atoms with Crippen LogP contribution in [-0.4, -0.2) is 37.2 Å². The Hall–Kier alpha value is -2.89. The van der Waals surface area contributed by atoms with Crippen LogP contribution in [0.2, 0.25) is 0 Å². The van der Waals surface area contributed by atoms with Gasteiger partial charge in [-0.2, -0.15) is 0 Å². The predicted octanol–water partition coefficient (Wildman–Crippen LogP) is 18.4. The normalized spacial score (nSPS) is 12.5. The van der Waals surface area contributed by atoms with Crippen molar-refractivity contribution in [1.82, 2.24) is 0 Å². The maximum Gasteiger partial charge on any atom is 0.306 e. The summed E-state index contributed by atoms with van der Waals surface area (Å²) in [5, 5.41) is 0. The fourth-order valence-electron chi connectivity index (χ4n) is 7.73. The first kappa shape index (κ1) is 62.1. The van der Waals surface area contributed by atoms with Crippen LogP contribution in [0, 0.1) is 0 Å². The Morgan fingerprint density at radius 2 is 0.554 bits per heavy atom. The summed E-state index contributed by atoms with van der Waals surface area (Å²) in [4.78, 5) is 38.1. The van der Waals surface area contributed by atoms with Crippen LogP contribution in [0.5, 0.6) is 0 Å². The van der Waals surface area contributed by atoms with Crippen LogP contribution >= 0.6 is 0 Å². The van der Waals surface area contributed by atoms with Crippen molar-refractivity contribution in [2.24, 2.45) is 0 Å². The summed E-state index contributed by atoms with van der Waals surface area (Å²) in [5.41, 5.74) is 0.